The number of methoxy groups -OCH3 is 2. The number of amides is 1. The molecule has 0 bridgehead atoms. The van der Waals surface area contributed by atoms with Gasteiger partial charge in [-0.25, -0.2) is 4.98 Å². The molecule has 8 nitrogen and oxygen atoms in total. The maximum Gasteiger partial charge on any atom is 0.234 e. The first kappa shape index (κ1) is 23.7. The van der Waals surface area contributed by atoms with Crippen molar-refractivity contribution in [3.05, 3.63) is 78.4 Å². The van der Waals surface area contributed by atoms with Crippen LogP contribution >= 0.6 is 11.8 Å². The molecule has 1 heterocycles. The number of nitriles is 1. The molecular weight excluding hydrogens is 462 g/mol. The van der Waals surface area contributed by atoms with Crippen LogP contribution in [0.15, 0.2) is 78.0 Å². The van der Waals surface area contributed by atoms with Gasteiger partial charge in [-0.3, -0.25) is 4.79 Å². The molecule has 0 saturated carbocycles. The summed E-state index contributed by atoms with van der Waals surface area (Å²) >= 11 is 1.19. The summed E-state index contributed by atoms with van der Waals surface area (Å²) in [6.45, 7) is 0. The third-order valence-corrected chi connectivity index (χ3v) is 5.86. The summed E-state index contributed by atoms with van der Waals surface area (Å²) in [5, 5.41) is 20.8. The molecule has 4 rings (SSSR count). The van der Waals surface area contributed by atoms with Crippen molar-refractivity contribution in [1.29, 1.82) is 5.26 Å². The van der Waals surface area contributed by atoms with E-state index in [1.165, 1.54) is 11.8 Å². The highest BCUT2D eigenvalue weighted by atomic mass is 32.2. The molecule has 0 radical (unpaired) electrons. The first-order valence-corrected chi connectivity index (χ1v) is 11.5. The molecule has 9 heteroatoms. The van der Waals surface area contributed by atoms with Crippen molar-refractivity contribution in [3.63, 3.8) is 0 Å². The standard InChI is InChI=1S/C26H21N5O3S/c1-33-21-11-5-18(6-12-21)24-25(19-7-13-22(34-2)14-8-19)30-31-26(29-24)35-16-23(32)28-20-9-3-17(15-27)4-10-20/h3-14H,16H2,1-2H3,(H,28,32). The Labute approximate surface area is 207 Å². The van der Waals surface area contributed by atoms with Crippen LogP contribution in [-0.4, -0.2) is 41.1 Å². The van der Waals surface area contributed by atoms with Gasteiger partial charge in [0.2, 0.25) is 11.1 Å². The summed E-state index contributed by atoms with van der Waals surface area (Å²) < 4.78 is 10.5. The van der Waals surface area contributed by atoms with Gasteiger partial charge < -0.3 is 14.8 Å². The molecule has 0 unspecified atom stereocenters. The Morgan fingerprint density at radius 3 is 1.97 bits per heavy atom. The molecule has 0 atom stereocenters. The fourth-order valence-electron chi connectivity index (χ4n) is 3.22. The third kappa shape index (κ3) is 5.93. The smallest absolute Gasteiger partial charge is 0.234 e. The Kier molecular flexibility index (Phi) is 7.55. The molecule has 0 fully saturated rings. The van der Waals surface area contributed by atoms with E-state index >= 15 is 0 Å². The molecule has 0 saturated heterocycles. The van der Waals surface area contributed by atoms with Crippen LogP contribution in [0.25, 0.3) is 22.5 Å². The number of carbonyl (C=O) groups excluding carboxylic acids is 1. The van der Waals surface area contributed by atoms with Crippen LogP contribution in [0.4, 0.5) is 5.69 Å². The topological polar surface area (TPSA) is 110 Å². The van der Waals surface area contributed by atoms with E-state index in [4.69, 9.17) is 19.7 Å². The zero-order chi connectivity index (χ0) is 24.6. The van der Waals surface area contributed by atoms with Gasteiger partial charge in [0.05, 0.1) is 31.6 Å². The maximum absolute atomic E-state index is 12.4. The Morgan fingerprint density at radius 2 is 1.43 bits per heavy atom. The number of hydrogen-bond acceptors (Lipinski definition) is 8. The molecule has 1 N–H and O–H groups in total. The third-order valence-electron chi connectivity index (χ3n) is 5.02. The monoisotopic (exact) mass is 483 g/mol. The van der Waals surface area contributed by atoms with Crippen LogP contribution in [-0.2, 0) is 4.79 Å². The second-order valence-electron chi connectivity index (χ2n) is 7.27. The maximum atomic E-state index is 12.4. The zero-order valence-corrected chi connectivity index (χ0v) is 19.9. The zero-order valence-electron chi connectivity index (χ0n) is 19.1. The van der Waals surface area contributed by atoms with Crippen LogP contribution in [0.5, 0.6) is 11.5 Å². The van der Waals surface area contributed by atoms with Crippen LogP contribution < -0.4 is 14.8 Å². The van der Waals surface area contributed by atoms with Crippen molar-refractivity contribution < 1.29 is 14.3 Å². The molecule has 35 heavy (non-hydrogen) atoms. The summed E-state index contributed by atoms with van der Waals surface area (Å²) in [5.41, 5.74) is 4.08. The lowest BCUT2D eigenvalue weighted by atomic mass is 10.0. The van der Waals surface area contributed by atoms with Crippen molar-refractivity contribution in [2.75, 3.05) is 25.3 Å². The summed E-state index contributed by atoms with van der Waals surface area (Å²) in [6.07, 6.45) is 0. The normalized spacial score (nSPS) is 10.3. The van der Waals surface area contributed by atoms with Gasteiger partial charge in [0, 0.05) is 16.8 Å². The van der Waals surface area contributed by atoms with E-state index in [0.717, 1.165) is 22.6 Å². The van der Waals surface area contributed by atoms with Crippen molar-refractivity contribution in [2.45, 2.75) is 5.16 Å². The van der Waals surface area contributed by atoms with Gasteiger partial charge in [0.25, 0.3) is 0 Å². The summed E-state index contributed by atoms with van der Waals surface area (Å²) in [5.74, 6) is 1.36. The lowest BCUT2D eigenvalue weighted by Gasteiger charge is -2.11. The van der Waals surface area contributed by atoms with Gasteiger partial charge >= 0.3 is 0 Å². The van der Waals surface area contributed by atoms with Gasteiger partial charge in [0.1, 0.15) is 22.9 Å². The minimum Gasteiger partial charge on any atom is -0.497 e. The van der Waals surface area contributed by atoms with Crippen LogP contribution in [0.2, 0.25) is 0 Å². The van der Waals surface area contributed by atoms with Crippen LogP contribution in [0.3, 0.4) is 0 Å². The Balaban J connectivity index is 1.56. The van der Waals surface area contributed by atoms with Crippen molar-refractivity contribution >= 4 is 23.4 Å². The number of thioether (sulfide) groups is 1. The van der Waals surface area contributed by atoms with E-state index < -0.39 is 0 Å². The molecule has 0 spiro atoms. The molecule has 0 aliphatic rings. The fourth-order valence-corrected chi connectivity index (χ4v) is 3.81. The minimum atomic E-state index is -0.214. The van der Waals surface area contributed by atoms with Gasteiger partial charge in [-0.05, 0) is 72.8 Å². The number of nitrogens with zero attached hydrogens (tertiary/aromatic N) is 4. The van der Waals surface area contributed by atoms with E-state index in [1.807, 2.05) is 54.6 Å². The molecular formula is C26H21N5O3S. The average Bonchev–Trinajstić information content (AvgIpc) is 2.92. The van der Waals surface area contributed by atoms with Gasteiger partial charge in [-0.1, -0.05) is 11.8 Å². The van der Waals surface area contributed by atoms with Gasteiger partial charge in [-0.2, -0.15) is 5.26 Å². The number of rotatable bonds is 8. The molecule has 174 valence electrons. The number of aromatic nitrogens is 3. The predicted molar refractivity (Wildman–Crippen MR) is 134 cm³/mol. The average molecular weight is 484 g/mol. The second-order valence-corrected chi connectivity index (χ2v) is 8.22. The highest BCUT2D eigenvalue weighted by Crippen LogP contribution is 2.31. The highest BCUT2D eigenvalue weighted by Gasteiger charge is 2.15. The number of hydrogen-bond donors (Lipinski definition) is 1. The van der Waals surface area contributed by atoms with E-state index in [9.17, 15) is 4.79 Å². The number of ether oxygens (including phenoxy) is 2. The summed E-state index contributed by atoms with van der Waals surface area (Å²) in [7, 11) is 3.23. The van der Waals surface area contributed by atoms with Crippen molar-refractivity contribution in [3.8, 4) is 40.1 Å². The first-order valence-electron chi connectivity index (χ1n) is 10.6. The summed E-state index contributed by atoms with van der Waals surface area (Å²) in [4.78, 5) is 17.1. The molecule has 1 aromatic heterocycles. The molecule has 4 aromatic rings. The molecule has 0 aliphatic heterocycles. The molecule has 0 aliphatic carbocycles. The number of benzene rings is 3. The SMILES string of the molecule is COc1ccc(-c2nnc(SCC(=O)Nc3ccc(C#N)cc3)nc2-c2ccc(OC)cc2)cc1. The summed E-state index contributed by atoms with van der Waals surface area (Å²) in [6, 6.07) is 23.7. The number of anilines is 1. The Bertz CT molecular complexity index is 1350. The quantitative estimate of drug-likeness (QED) is 0.355. The fraction of sp³-hybridized carbons (Fsp3) is 0.115. The Morgan fingerprint density at radius 1 is 0.857 bits per heavy atom. The van der Waals surface area contributed by atoms with Crippen LogP contribution in [0.1, 0.15) is 5.56 Å². The van der Waals surface area contributed by atoms with E-state index in [2.05, 4.69) is 15.5 Å². The van der Waals surface area contributed by atoms with E-state index in [0.29, 0.717) is 27.8 Å². The van der Waals surface area contributed by atoms with Crippen molar-refractivity contribution in [1.82, 2.24) is 15.2 Å². The number of nitrogens with one attached hydrogen (secondary N) is 1. The lowest BCUT2D eigenvalue weighted by molar-refractivity contribution is -0.113. The minimum absolute atomic E-state index is 0.103. The van der Waals surface area contributed by atoms with Gasteiger partial charge in [-0.15, -0.1) is 10.2 Å². The molecule has 1 amide bonds. The second kappa shape index (κ2) is 11.1. The van der Waals surface area contributed by atoms with Gasteiger partial charge in [0.15, 0.2) is 0 Å². The van der Waals surface area contributed by atoms with Crippen molar-refractivity contribution in [2.24, 2.45) is 0 Å². The lowest BCUT2D eigenvalue weighted by Crippen LogP contribution is -2.14. The predicted octanol–water partition coefficient (Wildman–Crippen LogP) is 4.83. The molecule has 3 aromatic carbocycles. The first-order chi connectivity index (χ1) is 17.1. The highest BCUT2D eigenvalue weighted by molar-refractivity contribution is 7.99. The van der Waals surface area contributed by atoms with E-state index in [1.54, 1.807) is 38.5 Å². The Hall–Kier alpha value is -4.42. The largest absolute Gasteiger partial charge is 0.497 e. The van der Waals surface area contributed by atoms with E-state index in [-0.39, 0.29) is 11.7 Å². The van der Waals surface area contributed by atoms with Crippen LogP contribution in [0, 0.1) is 11.3 Å². The number of carbonyl (C=O) groups is 1.